The van der Waals surface area contributed by atoms with Gasteiger partial charge in [0.25, 0.3) is 0 Å². The molecule has 1 unspecified atom stereocenters. The third-order valence-corrected chi connectivity index (χ3v) is 5.60. The van der Waals surface area contributed by atoms with Crippen LogP contribution in [-0.2, 0) is 15.5 Å². The first-order chi connectivity index (χ1) is 15.6. The first kappa shape index (κ1) is 25.5. The van der Waals surface area contributed by atoms with Gasteiger partial charge in [-0.15, -0.1) is 4.36 Å². The molecule has 0 aromatic heterocycles. The van der Waals surface area contributed by atoms with Gasteiger partial charge in [-0.3, -0.25) is 0 Å². The molecular formula is C22H25F2N5O3S. The number of nitrogens with zero attached hydrogens (tertiary/aromatic N) is 2. The number of anilines is 1. The van der Waals surface area contributed by atoms with E-state index in [-0.39, 0.29) is 28.6 Å². The van der Waals surface area contributed by atoms with E-state index in [1.54, 1.807) is 24.3 Å². The molecule has 4 N–H and O–H groups in total. The summed E-state index contributed by atoms with van der Waals surface area (Å²) in [5.41, 5.74) is 6.48. The third kappa shape index (κ3) is 7.42. The smallest absolute Gasteiger partial charge is 0.348 e. The Morgan fingerprint density at radius 1 is 1.30 bits per heavy atom. The zero-order valence-electron chi connectivity index (χ0n) is 18.4. The number of carbonyl (C=O) groups is 1. The predicted molar refractivity (Wildman–Crippen MR) is 127 cm³/mol. The van der Waals surface area contributed by atoms with E-state index in [4.69, 9.17) is 10.5 Å². The molecule has 2 aromatic rings. The van der Waals surface area contributed by atoms with Crippen LogP contribution in [0.4, 0.5) is 19.3 Å². The Balaban J connectivity index is 2.33. The number of ether oxygens (including phenoxy) is 1. The van der Waals surface area contributed by atoms with Crippen molar-refractivity contribution in [1.82, 2.24) is 5.32 Å². The van der Waals surface area contributed by atoms with Crippen molar-refractivity contribution in [3.8, 4) is 5.75 Å². The number of methoxy groups -OCH3 is 1. The van der Waals surface area contributed by atoms with Crippen LogP contribution < -0.4 is 21.1 Å². The lowest BCUT2D eigenvalue weighted by atomic mass is 10.1. The van der Waals surface area contributed by atoms with Gasteiger partial charge < -0.3 is 21.1 Å². The second kappa shape index (κ2) is 11.2. The van der Waals surface area contributed by atoms with E-state index in [2.05, 4.69) is 26.6 Å². The van der Waals surface area contributed by atoms with Crippen molar-refractivity contribution in [1.29, 1.82) is 0 Å². The molecule has 0 aliphatic rings. The summed E-state index contributed by atoms with van der Waals surface area (Å²) < 4.78 is 49.4. The number of aliphatic imine (C=N–C) groups is 1. The standard InChI is InChI=1S/C22H25F2N5O3S/c1-14(28-21(19(24)12-25)18-9-8-16(23)11-20(18)32-3)27-17-7-5-6-15(10-17)13-33(4,31)29-22(30)26-2/h5-12,27H,1,13,25H2,2-4H3,(H,26,30)/b19-12+,28-21-. The number of nitrogens with one attached hydrogen (secondary N) is 2. The summed E-state index contributed by atoms with van der Waals surface area (Å²) in [6.45, 7) is 3.78. The summed E-state index contributed by atoms with van der Waals surface area (Å²) >= 11 is 0. The molecule has 0 radical (unpaired) electrons. The Morgan fingerprint density at radius 2 is 2.03 bits per heavy atom. The highest BCUT2D eigenvalue weighted by atomic mass is 32.2. The van der Waals surface area contributed by atoms with Crippen molar-refractivity contribution in [3.05, 3.63) is 83.8 Å². The van der Waals surface area contributed by atoms with Crippen LogP contribution >= 0.6 is 0 Å². The molecule has 33 heavy (non-hydrogen) atoms. The Bertz CT molecular complexity index is 1230. The van der Waals surface area contributed by atoms with E-state index in [1.165, 1.54) is 26.5 Å². The largest absolute Gasteiger partial charge is 0.496 e. The Hall–Kier alpha value is -3.73. The maximum atomic E-state index is 14.5. The van der Waals surface area contributed by atoms with E-state index < -0.39 is 27.4 Å². The quantitative estimate of drug-likeness (QED) is 0.498. The van der Waals surface area contributed by atoms with Gasteiger partial charge in [0.15, 0.2) is 5.83 Å². The number of allylic oxidation sites excluding steroid dienone is 1. The average molecular weight is 478 g/mol. The molecule has 0 fully saturated rings. The van der Waals surface area contributed by atoms with Crippen LogP contribution in [0.5, 0.6) is 5.75 Å². The molecule has 11 heteroatoms. The fourth-order valence-corrected chi connectivity index (χ4v) is 4.12. The van der Waals surface area contributed by atoms with Crippen LogP contribution in [0.3, 0.4) is 0 Å². The van der Waals surface area contributed by atoms with Crippen LogP contribution in [0, 0.1) is 5.82 Å². The third-order valence-electron chi connectivity index (χ3n) is 4.18. The molecule has 0 aliphatic heterocycles. The summed E-state index contributed by atoms with van der Waals surface area (Å²) in [6, 6.07) is 9.70. The molecule has 0 spiro atoms. The molecule has 176 valence electrons. The van der Waals surface area contributed by atoms with E-state index in [0.29, 0.717) is 11.3 Å². The van der Waals surface area contributed by atoms with Crippen molar-refractivity contribution in [2.45, 2.75) is 5.75 Å². The number of carbonyl (C=O) groups excluding carboxylic acids is 1. The minimum atomic E-state index is -2.80. The number of nitrogens with two attached hydrogens (primary N) is 1. The van der Waals surface area contributed by atoms with Gasteiger partial charge in [-0.25, -0.2) is 22.8 Å². The highest BCUT2D eigenvalue weighted by molar-refractivity contribution is 7.92. The van der Waals surface area contributed by atoms with E-state index in [1.807, 2.05) is 0 Å². The highest BCUT2D eigenvalue weighted by Crippen LogP contribution is 2.25. The van der Waals surface area contributed by atoms with E-state index in [9.17, 15) is 17.8 Å². The van der Waals surface area contributed by atoms with Gasteiger partial charge in [0.05, 0.1) is 22.6 Å². The van der Waals surface area contributed by atoms with Gasteiger partial charge in [-0.2, -0.15) is 0 Å². The van der Waals surface area contributed by atoms with E-state index in [0.717, 1.165) is 18.3 Å². The van der Waals surface area contributed by atoms with Crippen molar-refractivity contribution >= 4 is 27.2 Å². The number of hydrogen-bond acceptors (Lipinski definition) is 6. The molecule has 0 bridgehead atoms. The van der Waals surface area contributed by atoms with Gasteiger partial charge >= 0.3 is 6.03 Å². The van der Waals surface area contributed by atoms with Crippen molar-refractivity contribution in [2.24, 2.45) is 15.1 Å². The van der Waals surface area contributed by atoms with Gasteiger partial charge in [0, 0.05) is 36.8 Å². The molecule has 0 aliphatic carbocycles. The number of benzene rings is 2. The summed E-state index contributed by atoms with van der Waals surface area (Å²) in [4.78, 5) is 15.6. The molecular weight excluding hydrogens is 452 g/mol. The molecule has 0 saturated carbocycles. The zero-order chi connectivity index (χ0) is 24.6. The normalized spacial score (nSPS) is 13.6. The molecule has 2 aromatic carbocycles. The highest BCUT2D eigenvalue weighted by Gasteiger charge is 2.16. The van der Waals surface area contributed by atoms with Gasteiger partial charge in [0.2, 0.25) is 0 Å². The van der Waals surface area contributed by atoms with Crippen molar-refractivity contribution < 1.29 is 22.5 Å². The Labute approximate surface area is 191 Å². The monoisotopic (exact) mass is 477 g/mol. The van der Waals surface area contributed by atoms with E-state index >= 15 is 0 Å². The van der Waals surface area contributed by atoms with Crippen LogP contribution in [0.15, 0.2) is 76.2 Å². The molecule has 2 amide bonds. The summed E-state index contributed by atoms with van der Waals surface area (Å²) in [7, 11) is -0.0829. The molecule has 0 heterocycles. The Kier molecular flexibility index (Phi) is 8.69. The summed E-state index contributed by atoms with van der Waals surface area (Å²) in [5.74, 6) is -1.26. The van der Waals surface area contributed by atoms with Crippen molar-refractivity contribution in [2.75, 3.05) is 25.7 Å². The van der Waals surface area contributed by atoms with Crippen LogP contribution in [0.25, 0.3) is 0 Å². The fourth-order valence-electron chi connectivity index (χ4n) is 2.81. The lowest BCUT2D eigenvalue weighted by Crippen LogP contribution is -2.16. The minimum Gasteiger partial charge on any atom is -0.496 e. The topological polar surface area (TPSA) is 118 Å². The Morgan fingerprint density at radius 3 is 2.67 bits per heavy atom. The van der Waals surface area contributed by atoms with Crippen LogP contribution in [0.1, 0.15) is 11.1 Å². The summed E-state index contributed by atoms with van der Waals surface area (Å²) in [6.07, 6.45) is 2.11. The average Bonchev–Trinajstić information content (AvgIpc) is 2.76. The van der Waals surface area contributed by atoms with Crippen LogP contribution in [0.2, 0.25) is 0 Å². The number of hydrogen-bond donors (Lipinski definition) is 3. The number of amides is 2. The van der Waals surface area contributed by atoms with Gasteiger partial charge in [-0.1, -0.05) is 18.7 Å². The van der Waals surface area contributed by atoms with Crippen LogP contribution in [-0.4, -0.2) is 36.4 Å². The molecule has 1 atom stereocenters. The maximum absolute atomic E-state index is 14.5. The second-order valence-corrected chi connectivity index (χ2v) is 9.23. The predicted octanol–water partition coefficient (Wildman–Crippen LogP) is 3.91. The first-order valence-electron chi connectivity index (χ1n) is 9.55. The number of halogens is 2. The zero-order valence-corrected chi connectivity index (χ0v) is 19.2. The fraction of sp³-hybridized carbons (Fsp3) is 0.182. The van der Waals surface area contributed by atoms with Gasteiger partial charge in [0.1, 0.15) is 23.1 Å². The summed E-state index contributed by atoms with van der Waals surface area (Å²) in [5, 5.41) is 5.22. The molecule has 2 rings (SSSR count). The SMILES string of the molecule is C=C(/N=C(\C(F)=C/N)c1ccc(F)cc1OC)Nc1cccc(CS(C)(=O)=NC(=O)NC)c1. The molecule has 0 saturated heterocycles. The number of rotatable bonds is 8. The first-order valence-corrected chi connectivity index (χ1v) is 11.6. The number of urea groups is 1. The van der Waals surface area contributed by atoms with Gasteiger partial charge in [-0.05, 0) is 29.8 Å². The van der Waals surface area contributed by atoms with Crippen molar-refractivity contribution in [3.63, 3.8) is 0 Å². The lowest BCUT2D eigenvalue weighted by Gasteiger charge is -2.13. The maximum Gasteiger partial charge on any atom is 0.348 e. The lowest BCUT2D eigenvalue weighted by molar-refractivity contribution is 0.251. The second-order valence-electron chi connectivity index (χ2n) is 6.84. The minimum absolute atomic E-state index is 0.0360. The molecule has 8 nitrogen and oxygen atoms in total.